The molecular weight excluding hydrogens is 314 g/mol. The number of rotatable bonds is 4. The molecule has 1 saturated heterocycles. The number of anilines is 1. The molecule has 2 rings (SSSR count). The third-order valence-corrected chi connectivity index (χ3v) is 6.66. The van der Waals surface area contributed by atoms with Gasteiger partial charge in [0.05, 0.1) is 10.5 Å². The Kier molecular flexibility index (Phi) is 5.47. The zero-order chi connectivity index (χ0) is 17.1. The van der Waals surface area contributed by atoms with Gasteiger partial charge in [0.15, 0.2) is 9.84 Å². The molecule has 1 aliphatic heterocycles. The molecule has 6 heteroatoms. The lowest BCUT2D eigenvalue weighted by molar-refractivity contribution is -0.122. The summed E-state index contributed by atoms with van der Waals surface area (Å²) in [4.78, 5) is 12.2. The maximum absolute atomic E-state index is 12.3. The highest BCUT2D eigenvalue weighted by Crippen LogP contribution is 2.23. The van der Waals surface area contributed by atoms with Crippen LogP contribution in [0.5, 0.6) is 0 Å². The smallest absolute Gasteiger partial charge is 0.227 e. The molecule has 1 aromatic carbocycles. The quantitative estimate of drug-likeness (QED) is 0.915. The number of ether oxygens (including phenoxy) is 1. The maximum atomic E-state index is 12.3. The number of carbonyl (C=O) groups excluding carboxylic acids is 1. The first kappa shape index (κ1) is 17.9. The number of nitrogens with one attached hydrogen (secondary N) is 1. The Bertz CT molecular complexity index is 655. The average Bonchev–Trinajstić information content (AvgIpc) is 2.47. The topological polar surface area (TPSA) is 72.5 Å². The standard InChI is InChI=1S/C17H25NO4S/c1-17(2,3)23(20,21)12-13-5-4-6-15(11-13)18-16(19)14-7-9-22-10-8-14/h4-6,11,14H,7-10,12H2,1-3H3,(H,18,19). The predicted molar refractivity (Wildman–Crippen MR) is 91.0 cm³/mol. The van der Waals surface area contributed by atoms with E-state index >= 15 is 0 Å². The van der Waals surface area contributed by atoms with Gasteiger partial charge in [0, 0.05) is 24.8 Å². The van der Waals surface area contributed by atoms with E-state index in [1.165, 1.54) is 0 Å². The molecule has 0 saturated carbocycles. The van der Waals surface area contributed by atoms with Crippen LogP contribution in [-0.4, -0.2) is 32.3 Å². The Labute approximate surface area is 138 Å². The van der Waals surface area contributed by atoms with E-state index in [0.717, 1.165) is 12.8 Å². The van der Waals surface area contributed by atoms with Gasteiger partial charge in [-0.3, -0.25) is 4.79 Å². The van der Waals surface area contributed by atoms with Crippen molar-refractivity contribution in [2.24, 2.45) is 5.92 Å². The number of sulfone groups is 1. The summed E-state index contributed by atoms with van der Waals surface area (Å²) in [6.45, 7) is 6.31. The Morgan fingerprint density at radius 2 is 1.91 bits per heavy atom. The van der Waals surface area contributed by atoms with Gasteiger partial charge in [-0.15, -0.1) is 0 Å². The summed E-state index contributed by atoms with van der Waals surface area (Å²) in [5.74, 6) is -0.0906. The largest absolute Gasteiger partial charge is 0.381 e. The first-order chi connectivity index (χ1) is 10.7. The molecule has 1 aliphatic rings. The number of amides is 1. The van der Waals surface area contributed by atoms with E-state index in [1.54, 1.807) is 45.0 Å². The van der Waals surface area contributed by atoms with Gasteiger partial charge in [-0.1, -0.05) is 12.1 Å². The predicted octanol–water partition coefficient (Wildman–Crippen LogP) is 2.77. The fourth-order valence-corrected chi connectivity index (χ4v) is 3.43. The van der Waals surface area contributed by atoms with E-state index in [-0.39, 0.29) is 17.6 Å². The van der Waals surface area contributed by atoms with Crippen LogP contribution in [0.25, 0.3) is 0 Å². The second-order valence-corrected chi connectivity index (χ2v) is 9.69. The fraction of sp³-hybridized carbons (Fsp3) is 0.588. The molecule has 1 aromatic rings. The molecular formula is C17H25NO4S. The molecule has 1 fully saturated rings. The summed E-state index contributed by atoms with van der Waals surface area (Å²) < 4.78 is 29.1. The van der Waals surface area contributed by atoms with Gasteiger partial charge >= 0.3 is 0 Å². The van der Waals surface area contributed by atoms with Crippen LogP contribution in [0.1, 0.15) is 39.2 Å². The van der Waals surface area contributed by atoms with Gasteiger partial charge in [-0.2, -0.15) is 0 Å². The van der Waals surface area contributed by atoms with Crippen LogP contribution in [0, 0.1) is 5.92 Å². The molecule has 23 heavy (non-hydrogen) atoms. The molecule has 0 atom stereocenters. The Hall–Kier alpha value is -1.40. The van der Waals surface area contributed by atoms with Gasteiger partial charge in [0.1, 0.15) is 0 Å². The second kappa shape index (κ2) is 7.01. The maximum Gasteiger partial charge on any atom is 0.227 e. The molecule has 1 amide bonds. The number of benzene rings is 1. The molecule has 1 N–H and O–H groups in total. The average molecular weight is 339 g/mol. The highest BCUT2D eigenvalue weighted by atomic mass is 32.2. The van der Waals surface area contributed by atoms with E-state index in [9.17, 15) is 13.2 Å². The highest BCUT2D eigenvalue weighted by molar-refractivity contribution is 7.91. The van der Waals surface area contributed by atoms with Crippen molar-refractivity contribution < 1.29 is 17.9 Å². The monoisotopic (exact) mass is 339 g/mol. The molecule has 5 nitrogen and oxygen atoms in total. The lowest BCUT2D eigenvalue weighted by Crippen LogP contribution is -2.29. The van der Waals surface area contributed by atoms with Crippen molar-refractivity contribution in [3.05, 3.63) is 29.8 Å². The minimum Gasteiger partial charge on any atom is -0.381 e. The van der Waals surface area contributed by atoms with Gasteiger partial charge < -0.3 is 10.1 Å². The van der Waals surface area contributed by atoms with Crippen molar-refractivity contribution >= 4 is 21.4 Å². The summed E-state index contributed by atoms with van der Waals surface area (Å²) >= 11 is 0. The van der Waals surface area contributed by atoms with Crippen molar-refractivity contribution in [2.75, 3.05) is 18.5 Å². The van der Waals surface area contributed by atoms with E-state index in [2.05, 4.69) is 5.32 Å². The molecule has 0 radical (unpaired) electrons. The van der Waals surface area contributed by atoms with Crippen molar-refractivity contribution in [2.45, 2.75) is 44.1 Å². The Morgan fingerprint density at radius 1 is 1.26 bits per heavy atom. The van der Waals surface area contributed by atoms with Crippen LogP contribution in [0.3, 0.4) is 0 Å². The molecule has 128 valence electrons. The Morgan fingerprint density at radius 3 is 2.52 bits per heavy atom. The van der Waals surface area contributed by atoms with Crippen LogP contribution in [-0.2, 0) is 25.1 Å². The number of hydrogen-bond acceptors (Lipinski definition) is 4. The van der Waals surface area contributed by atoms with Crippen LogP contribution < -0.4 is 5.32 Å². The molecule has 0 aliphatic carbocycles. The van der Waals surface area contributed by atoms with Gasteiger partial charge in [0.25, 0.3) is 0 Å². The van der Waals surface area contributed by atoms with E-state index < -0.39 is 14.6 Å². The minimum absolute atomic E-state index is 0.0240. The van der Waals surface area contributed by atoms with Gasteiger partial charge in [0.2, 0.25) is 5.91 Å². The molecule has 0 aromatic heterocycles. The summed E-state index contributed by atoms with van der Waals surface area (Å²) in [6, 6.07) is 7.06. The van der Waals surface area contributed by atoms with E-state index in [4.69, 9.17) is 4.74 Å². The van der Waals surface area contributed by atoms with Crippen LogP contribution in [0.15, 0.2) is 24.3 Å². The Balaban J connectivity index is 2.06. The molecule has 0 spiro atoms. The third-order valence-electron chi connectivity index (χ3n) is 4.08. The van der Waals surface area contributed by atoms with E-state index in [0.29, 0.717) is 24.5 Å². The van der Waals surface area contributed by atoms with Gasteiger partial charge in [-0.25, -0.2) is 8.42 Å². The van der Waals surface area contributed by atoms with E-state index in [1.807, 2.05) is 0 Å². The van der Waals surface area contributed by atoms with Crippen LogP contribution in [0.2, 0.25) is 0 Å². The van der Waals surface area contributed by atoms with Crippen LogP contribution >= 0.6 is 0 Å². The fourth-order valence-electron chi connectivity index (χ4n) is 2.38. The third kappa shape index (κ3) is 4.78. The van der Waals surface area contributed by atoms with Crippen LogP contribution in [0.4, 0.5) is 5.69 Å². The summed E-state index contributed by atoms with van der Waals surface area (Å²) in [5.41, 5.74) is 1.33. The lowest BCUT2D eigenvalue weighted by Gasteiger charge is -2.21. The highest BCUT2D eigenvalue weighted by Gasteiger charge is 2.29. The zero-order valence-electron chi connectivity index (χ0n) is 14.0. The zero-order valence-corrected chi connectivity index (χ0v) is 14.8. The first-order valence-corrected chi connectivity index (χ1v) is 9.54. The molecule has 1 heterocycles. The summed E-state index contributed by atoms with van der Waals surface area (Å²) in [6.07, 6.45) is 1.45. The number of hydrogen-bond donors (Lipinski definition) is 1. The number of carbonyl (C=O) groups is 1. The first-order valence-electron chi connectivity index (χ1n) is 7.89. The lowest BCUT2D eigenvalue weighted by atomic mass is 9.99. The SMILES string of the molecule is CC(C)(C)S(=O)(=O)Cc1cccc(NC(=O)C2CCOCC2)c1. The summed E-state index contributed by atoms with van der Waals surface area (Å²) in [7, 11) is -3.25. The second-order valence-electron chi connectivity index (χ2n) is 6.95. The van der Waals surface area contributed by atoms with Crippen molar-refractivity contribution in [1.29, 1.82) is 0 Å². The van der Waals surface area contributed by atoms with Crippen molar-refractivity contribution in [3.8, 4) is 0 Å². The normalized spacial score (nSPS) is 17.0. The van der Waals surface area contributed by atoms with Crippen molar-refractivity contribution in [1.82, 2.24) is 0 Å². The molecule has 0 unspecified atom stereocenters. The molecule has 0 bridgehead atoms. The van der Waals surface area contributed by atoms with Gasteiger partial charge in [-0.05, 0) is 51.3 Å². The van der Waals surface area contributed by atoms with Crippen molar-refractivity contribution in [3.63, 3.8) is 0 Å². The summed E-state index contributed by atoms with van der Waals surface area (Å²) in [5, 5.41) is 2.89. The minimum atomic E-state index is -3.25.